The first kappa shape index (κ1) is 13.8. The average Bonchev–Trinajstić information content (AvgIpc) is 2.79. The minimum atomic E-state index is -0.957. The highest BCUT2D eigenvalue weighted by Crippen LogP contribution is 2.15. The largest absolute Gasteiger partial charge is 0.480 e. The van der Waals surface area contributed by atoms with Crippen molar-refractivity contribution in [3.8, 4) is 0 Å². The molecule has 2 aromatic rings. The number of nitrogens with zero attached hydrogens (tertiary/aromatic N) is 3. The van der Waals surface area contributed by atoms with Gasteiger partial charge in [0.2, 0.25) is 5.91 Å². The quantitative estimate of drug-likeness (QED) is 0.855. The Morgan fingerprint density at radius 2 is 2.29 bits per heavy atom. The highest BCUT2D eigenvalue weighted by atomic mass is 35.5. The number of carbonyl (C=O) groups excluding carboxylic acids is 1. The number of nitrogens with one attached hydrogen (secondary N) is 1. The zero-order valence-corrected chi connectivity index (χ0v) is 11.7. The fourth-order valence-corrected chi connectivity index (χ4v) is 2.57. The summed E-state index contributed by atoms with van der Waals surface area (Å²) in [6, 6.07) is 2.78. The van der Waals surface area contributed by atoms with E-state index in [2.05, 4.69) is 10.3 Å². The Morgan fingerprint density at radius 3 is 3.05 bits per heavy atom. The number of piperazine rings is 1. The van der Waals surface area contributed by atoms with Gasteiger partial charge in [0.05, 0.1) is 17.3 Å². The third-order valence-corrected chi connectivity index (χ3v) is 3.62. The molecule has 7 nitrogen and oxygen atoms in total. The third-order valence-electron chi connectivity index (χ3n) is 3.40. The summed E-state index contributed by atoms with van der Waals surface area (Å²) in [6.45, 7) is 0.447. The van der Waals surface area contributed by atoms with Gasteiger partial charge in [-0.25, -0.2) is 4.98 Å². The molecule has 0 aromatic carbocycles. The van der Waals surface area contributed by atoms with E-state index in [0.717, 1.165) is 5.65 Å². The van der Waals surface area contributed by atoms with Crippen LogP contribution in [0.1, 0.15) is 5.69 Å². The Kier molecular flexibility index (Phi) is 3.52. The summed E-state index contributed by atoms with van der Waals surface area (Å²) >= 11 is 5.91. The first-order chi connectivity index (χ1) is 10.0. The number of imidazole rings is 1. The van der Waals surface area contributed by atoms with Crippen LogP contribution < -0.4 is 5.32 Å². The molecule has 110 valence electrons. The van der Waals surface area contributed by atoms with Crippen LogP contribution in [-0.2, 0) is 16.1 Å². The van der Waals surface area contributed by atoms with Crippen LogP contribution in [0.15, 0.2) is 24.5 Å². The van der Waals surface area contributed by atoms with Gasteiger partial charge in [-0.15, -0.1) is 0 Å². The lowest BCUT2D eigenvalue weighted by Crippen LogP contribution is -2.56. The molecular weight excluding hydrogens is 296 g/mol. The van der Waals surface area contributed by atoms with Crippen molar-refractivity contribution in [2.24, 2.45) is 0 Å². The Labute approximate surface area is 125 Å². The number of carbonyl (C=O) groups is 2. The number of hydrogen-bond acceptors (Lipinski definition) is 4. The number of halogens is 1. The molecule has 21 heavy (non-hydrogen) atoms. The van der Waals surface area contributed by atoms with Gasteiger partial charge in [-0.3, -0.25) is 14.5 Å². The molecule has 1 saturated heterocycles. The van der Waals surface area contributed by atoms with Crippen LogP contribution in [0.3, 0.4) is 0 Å². The van der Waals surface area contributed by atoms with E-state index in [1.807, 2.05) is 0 Å². The fraction of sp³-hybridized carbons (Fsp3) is 0.308. The van der Waals surface area contributed by atoms with Crippen LogP contribution in [-0.4, -0.2) is 50.4 Å². The van der Waals surface area contributed by atoms with E-state index >= 15 is 0 Å². The number of aliphatic carboxylic acids is 1. The van der Waals surface area contributed by atoms with Crippen LogP contribution >= 0.6 is 11.6 Å². The van der Waals surface area contributed by atoms with Crippen LogP contribution in [0.4, 0.5) is 0 Å². The molecule has 1 fully saturated rings. The molecule has 2 aromatic heterocycles. The Morgan fingerprint density at radius 1 is 1.48 bits per heavy atom. The van der Waals surface area contributed by atoms with Gasteiger partial charge >= 0.3 is 5.97 Å². The van der Waals surface area contributed by atoms with Gasteiger partial charge in [-0.1, -0.05) is 11.6 Å². The molecule has 3 heterocycles. The first-order valence-corrected chi connectivity index (χ1v) is 6.77. The van der Waals surface area contributed by atoms with Crippen molar-refractivity contribution in [2.45, 2.75) is 12.6 Å². The van der Waals surface area contributed by atoms with Gasteiger partial charge in [-0.2, -0.15) is 0 Å². The van der Waals surface area contributed by atoms with E-state index in [0.29, 0.717) is 17.3 Å². The van der Waals surface area contributed by atoms with Crippen molar-refractivity contribution >= 4 is 29.1 Å². The zero-order valence-electron chi connectivity index (χ0n) is 11.0. The lowest BCUT2D eigenvalue weighted by atomic mass is 10.2. The first-order valence-electron chi connectivity index (χ1n) is 6.39. The summed E-state index contributed by atoms with van der Waals surface area (Å²) in [4.78, 5) is 28.7. The summed E-state index contributed by atoms with van der Waals surface area (Å²) in [5, 5.41) is 12.4. The molecule has 1 aliphatic rings. The van der Waals surface area contributed by atoms with Gasteiger partial charge < -0.3 is 14.8 Å². The molecule has 0 bridgehead atoms. The van der Waals surface area contributed by atoms with Crippen molar-refractivity contribution < 1.29 is 14.7 Å². The van der Waals surface area contributed by atoms with E-state index in [1.165, 1.54) is 0 Å². The third kappa shape index (κ3) is 2.84. The topological polar surface area (TPSA) is 86.9 Å². The van der Waals surface area contributed by atoms with Gasteiger partial charge in [0.15, 0.2) is 0 Å². The Hall–Kier alpha value is -2.12. The SMILES string of the molecule is O=C1CN(Cc2cn3cc(Cl)ccc3n2)C(C(=O)O)CN1. The highest BCUT2D eigenvalue weighted by molar-refractivity contribution is 6.30. The molecule has 1 atom stereocenters. The van der Waals surface area contributed by atoms with E-state index < -0.39 is 12.0 Å². The van der Waals surface area contributed by atoms with E-state index in [9.17, 15) is 14.7 Å². The van der Waals surface area contributed by atoms with Crippen LogP contribution in [0, 0.1) is 0 Å². The number of amides is 1. The Bertz CT molecular complexity index is 715. The number of rotatable bonds is 3. The molecular formula is C13H13ClN4O3. The van der Waals surface area contributed by atoms with Crippen molar-refractivity contribution in [3.63, 3.8) is 0 Å². The molecule has 2 N–H and O–H groups in total. The molecule has 0 radical (unpaired) electrons. The highest BCUT2D eigenvalue weighted by Gasteiger charge is 2.32. The molecule has 1 amide bonds. The van der Waals surface area contributed by atoms with Crippen molar-refractivity contribution in [3.05, 3.63) is 35.2 Å². The summed E-state index contributed by atoms with van der Waals surface area (Å²) in [5.41, 5.74) is 1.42. The number of fused-ring (bicyclic) bond motifs is 1. The van der Waals surface area contributed by atoms with E-state index in [4.69, 9.17) is 11.6 Å². The molecule has 1 unspecified atom stereocenters. The van der Waals surface area contributed by atoms with Gasteiger partial charge in [0, 0.05) is 25.5 Å². The van der Waals surface area contributed by atoms with E-state index in [-0.39, 0.29) is 19.0 Å². The van der Waals surface area contributed by atoms with E-state index in [1.54, 1.807) is 33.8 Å². The number of pyridine rings is 1. The normalized spacial score (nSPS) is 19.7. The molecule has 0 spiro atoms. The van der Waals surface area contributed by atoms with Crippen LogP contribution in [0.2, 0.25) is 5.02 Å². The fourth-order valence-electron chi connectivity index (χ4n) is 2.40. The monoisotopic (exact) mass is 308 g/mol. The molecule has 0 aliphatic carbocycles. The second-order valence-corrected chi connectivity index (χ2v) is 5.34. The second kappa shape index (κ2) is 5.34. The van der Waals surface area contributed by atoms with Crippen molar-refractivity contribution in [2.75, 3.05) is 13.1 Å². The molecule has 3 rings (SSSR count). The minimum absolute atomic E-state index is 0.0472. The maximum Gasteiger partial charge on any atom is 0.322 e. The van der Waals surface area contributed by atoms with Gasteiger partial charge in [0.25, 0.3) is 0 Å². The summed E-state index contributed by atoms with van der Waals surface area (Å²) in [6.07, 6.45) is 3.51. The average molecular weight is 309 g/mol. The molecule has 8 heteroatoms. The molecule has 0 saturated carbocycles. The smallest absolute Gasteiger partial charge is 0.322 e. The zero-order chi connectivity index (χ0) is 15.0. The Balaban J connectivity index is 1.85. The number of aromatic nitrogens is 2. The van der Waals surface area contributed by atoms with Crippen molar-refractivity contribution in [1.29, 1.82) is 0 Å². The predicted molar refractivity (Wildman–Crippen MR) is 75.0 cm³/mol. The maximum absolute atomic E-state index is 11.5. The minimum Gasteiger partial charge on any atom is -0.480 e. The van der Waals surface area contributed by atoms with Crippen LogP contribution in [0.5, 0.6) is 0 Å². The maximum atomic E-state index is 11.5. The van der Waals surface area contributed by atoms with Gasteiger partial charge in [-0.05, 0) is 12.1 Å². The van der Waals surface area contributed by atoms with Crippen molar-refractivity contribution in [1.82, 2.24) is 19.6 Å². The molecule has 1 aliphatic heterocycles. The number of hydrogen-bond donors (Lipinski definition) is 2. The van der Waals surface area contributed by atoms with Gasteiger partial charge in [0.1, 0.15) is 11.7 Å². The summed E-state index contributed by atoms with van der Waals surface area (Å²) < 4.78 is 1.78. The second-order valence-electron chi connectivity index (χ2n) is 4.91. The predicted octanol–water partition coefficient (Wildman–Crippen LogP) is 0.373. The standard InChI is InChI=1S/C13H13ClN4O3/c14-8-1-2-11-16-9(6-18(11)4-8)5-17-7-12(19)15-3-10(17)13(20)21/h1-2,4,6,10H,3,5,7H2,(H,15,19)(H,20,21). The lowest BCUT2D eigenvalue weighted by Gasteiger charge is -2.31. The number of carboxylic acids is 1. The van der Waals surface area contributed by atoms with Crippen LogP contribution in [0.25, 0.3) is 5.65 Å². The summed E-state index contributed by atoms with van der Waals surface area (Å²) in [5.74, 6) is -1.14. The lowest BCUT2D eigenvalue weighted by molar-refractivity contribution is -0.146. The summed E-state index contributed by atoms with van der Waals surface area (Å²) in [7, 11) is 0. The number of carboxylic acid groups (broad SMARTS) is 1.